The van der Waals surface area contributed by atoms with Crippen molar-refractivity contribution in [3.63, 3.8) is 0 Å². The number of allylic oxidation sites excluding steroid dienone is 1. The molecule has 0 unspecified atom stereocenters. The lowest BCUT2D eigenvalue weighted by Gasteiger charge is -2.06. The Morgan fingerprint density at radius 3 is 2.14 bits per heavy atom. The number of rotatable bonds is 9. The Bertz CT molecular complexity index is 159. The Morgan fingerprint density at radius 2 is 1.57 bits per heavy atom. The van der Waals surface area contributed by atoms with Crippen LogP contribution in [0.25, 0.3) is 0 Å². The first-order valence-corrected chi connectivity index (χ1v) is 6.10. The summed E-state index contributed by atoms with van der Waals surface area (Å²) in [4.78, 5) is 0. The van der Waals surface area contributed by atoms with Crippen LogP contribution in [-0.4, -0.2) is 10.7 Å². The zero-order chi connectivity index (χ0) is 10.3. The highest BCUT2D eigenvalue weighted by molar-refractivity contribution is 4.92. The monoisotopic (exact) mass is 196 g/mol. The first-order valence-electron chi connectivity index (χ1n) is 6.10. The Morgan fingerprint density at radius 1 is 1.00 bits per heavy atom. The van der Waals surface area contributed by atoms with Gasteiger partial charge in [0.05, 0.1) is 5.60 Å². The second-order valence-electron chi connectivity index (χ2n) is 4.67. The van der Waals surface area contributed by atoms with Crippen LogP contribution in [0.15, 0.2) is 12.7 Å². The molecule has 0 radical (unpaired) electrons. The average molecular weight is 196 g/mol. The van der Waals surface area contributed by atoms with Crippen LogP contribution in [-0.2, 0) is 0 Å². The van der Waals surface area contributed by atoms with Crippen LogP contribution >= 0.6 is 0 Å². The maximum Gasteiger partial charge on any atom is 0.0650 e. The highest BCUT2D eigenvalue weighted by Gasteiger charge is 2.38. The first-order chi connectivity index (χ1) is 6.77. The summed E-state index contributed by atoms with van der Waals surface area (Å²) in [6, 6.07) is 0. The maximum atomic E-state index is 9.59. The van der Waals surface area contributed by atoms with E-state index in [-0.39, 0.29) is 5.60 Å². The molecule has 0 aromatic rings. The Kier molecular flexibility index (Phi) is 5.24. The zero-order valence-electron chi connectivity index (χ0n) is 9.30. The minimum Gasteiger partial charge on any atom is -0.390 e. The molecule has 1 N–H and O–H groups in total. The van der Waals surface area contributed by atoms with E-state index in [2.05, 4.69) is 6.58 Å². The molecule has 1 fully saturated rings. The first kappa shape index (κ1) is 11.8. The predicted molar refractivity (Wildman–Crippen MR) is 61.3 cm³/mol. The fourth-order valence-electron chi connectivity index (χ4n) is 1.84. The minimum atomic E-state index is -0.219. The lowest BCUT2D eigenvalue weighted by molar-refractivity contribution is 0.136. The van der Waals surface area contributed by atoms with Crippen LogP contribution < -0.4 is 0 Å². The van der Waals surface area contributed by atoms with Gasteiger partial charge in [0.25, 0.3) is 0 Å². The topological polar surface area (TPSA) is 20.2 Å². The van der Waals surface area contributed by atoms with Gasteiger partial charge in [-0.3, -0.25) is 0 Å². The van der Waals surface area contributed by atoms with Crippen LogP contribution in [0.4, 0.5) is 0 Å². The van der Waals surface area contributed by atoms with Crippen LogP contribution in [0.5, 0.6) is 0 Å². The van der Waals surface area contributed by atoms with Gasteiger partial charge in [-0.1, -0.05) is 38.2 Å². The molecular weight excluding hydrogens is 172 g/mol. The fourth-order valence-corrected chi connectivity index (χ4v) is 1.84. The van der Waals surface area contributed by atoms with Crippen molar-refractivity contribution in [2.45, 2.75) is 69.8 Å². The van der Waals surface area contributed by atoms with E-state index in [9.17, 15) is 5.11 Å². The molecule has 0 spiro atoms. The average Bonchev–Trinajstić information content (AvgIpc) is 2.89. The van der Waals surface area contributed by atoms with Gasteiger partial charge < -0.3 is 5.11 Å². The van der Waals surface area contributed by atoms with E-state index in [1.54, 1.807) is 0 Å². The molecule has 14 heavy (non-hydrogen) atoms. The third-order valence-corrected chi connectivity index (χ3v) is 3.13. The number of hydrogen-bond acceptors (Lipinski definition) is 1. The molecule has 0 heterocycles. The largest absolute Gasteiger partial charge is 0.390 e. The molecule has 0 aliphatic heterocycles. The Labute approximate surface area is 88.2 Å². The lowest BCUT2D eigenvalue weighted by atomic mass is 10.1. The molecule has 1 heteroatoms. The van der Waals surface area contributed by atoms with Gasteiger partial charge in [-0.2, -0.15) is 0 Å². The number of unbranched alkanes of at least 4 members (excludes halogenated alkanes) is 6. The molecule has 1 rings (SSSR count). The van der Waals surface area contributed by atoms with Gasteiger partial charge in [-0.15, -0.1) is 6.58 Å². The predicted octanol–water partition coefficient (Wildman–Crippen LogP) is 3.82. The molecule has 1 saturated carbocycles. The standard InChI is InChI=1S/C13H24O/c1-2-3-4-5-6-7-8-9-10-13(14)11-12-13/h2,14H,1,3-12H2. The molecular formula is C13H24O. The second kappa shape index (κ2) is 6.23. The molecule has 0 aromatic heterocycles. The quantitative estimate of drug-likeness (QED) is 0.439. The van der Waals surface area contributed by atoms with Crippen LogP contribution in [0.1, 0.15) is 64.2 Å². The van der Waals surface area contributed by atoms with E-state index in [1.807, 2.05) is 6.08 Å². The van der Waals surface area contributed by atoms with Crippen LogP contribution in [0, 0.1) is 0 Å². The fraction of sp³-hybridized carbons (Fsp3) is 0.846. The summed E-state index contributed by atoms with van der Waals surface area (Å²) in [7, 11) is 0. The highest BCUT2D eigenvalue weighted by Crippen LogP contribution is 2.39. The molecule has 0 saturated heterocycles. The van der Waals surface area contributed by atoms with Gasteiger partial charge in [-0.25, -0.2) is 0 Å². The smallest absolute Gasteiger partial charge is 0.0650 e. The molecule has 0 amide bonds. The highest BCUT2D eigenvalue weighted by atomic mass is 16.3. The van der Waals surface area contributed by atoms with Crippen molar-refractivity contribution in [2.24, 2.45) is 0 Å². The van der Waals surface area contributed by atoms with Crippen molar-refractivity contribution in [3.8, 4) is 0 Å². The summed E-state index contributed by atoms with van der Waals surface area (Å²) < 4.78 is 0. The van der Waals surface area contributed by atoms with E-state index >= 15 is 0 Å². The summed E-state index contributed by atoms with van der Waals surface area (Å²) in [5.41, 5.74) is -0.219. The maximum absolute atomic E-state index is 9.59. The Hall–Kier alpha value is -0.300. The van der Waals surface area contributed by atoms with E-state index in [0.29, 0.717) is 0 Å². The molecule has 0 bridgehead atoms. The summed E-state index contributed by atoms with van der Waals surface area (Å²) >= 11 is 0. The SMILES string of the molecule is C=CCCCCCCCCC1(O)CC1. The van der Waals surface area contributed by atoms with Gasteiger partial charge in [0.15, 0.2) is 0 Å². The van der Waals surface area contributed by atoms with Gasteiger partial charge in [0.2, 0.25) is 0 Å². The molecule has 1 aliphatic carbocycles. The normalized spacial score (nSPS) is 18.1. The van der Waals surface area contributed by atoms with Crippen molar-refractivity contribution >= 4 is 0 Å². The summed E-state index contributed by atoms with van der Waals surface area (Å²) in [6.07, 6.45) is 14.2. The van der Waals surface area contributed by atoms with E-state index in [0.717, 1.165) is 19.3 Å². The summed E-state index contributed by atoms with van der Waals surface area (Å²) in [5.74, 6) is 0. The van der Waals surface area contributed by atoms with Crippen LogP contribution in [0.3, 0.4) is 0 Å². The van der Waals surface area contributed by atoms with Gasteiger partial charge in [0.1, 0.15) is 0 Å². The van der Waals surface area contributed by atoms with Gasteiger partial charge in [0, 0.05) is 0 Å². The van der Waals surface area contributed by atoms with Gasteiger partial charge in [-0.05, 0) is 32.1 Å². The molecule has 0 atom stereocenters. The van der Waals surface area contributed by atoms with Crippen molar-refractivity contribution in [2.75, 3.05) is 0 Å². The summed E-state index contributed by atoms with van der Waals surface area (Å²) in [5, 5.41) is 9.59. The molecule has 0 aromatic carbocycles. The van der Waals surface area contributed by atoms with E-state index in [4.69, 9.17) is 0 Å². The van der Waals surface area contributed by atoms with Crippen molar-refractivity contribution in [1.82, 2.24) is 0 Å². The van der Waals surface area contributed by atoms with Crippen molar-refractivity contribution in [3.05, 3.63) is 12.7 Å². The van der Waals surface area contributed by atoms with E-state index < -0.39 is 0 Å². The van der Waals surface area contributed by atoms with E-state index in [1.165, 1.54) is 44.9 Å². The lowest BCUT2D eigenvalue weighted by Crippen LogP contribution is -2.05. The number of hydrogen-bond donors (Lipinski definition) is 1. The molecule has 1 aliphatic rings. The number of aliphatic hydroxyl groups is 1. The molecule has 82 valence electrons. The van der Waals surface area contributed by atoms with Crippen molar-refractivity contribution in [1.29, 1.82) is 0 Å². The summed E-state index contributed by atoms with van der Waals surface area (Å²) in [6.45, 7) is 3.71. The Balaban J connectivity index is 1.73. The third kappa shape index (κ3) is 5.43. The third-order valence-electron chi connectivity index (χ3n) is 3.13. The second-order valence-corrected chi connectivity index (χ2v) is 4.67. The molecule has 1 nitrogen and oxygen atoms in total. The van der Waals surface area contributed by atoms with Crippen LogP contribution in [0.2, 0.25) is 0 Å². The minimum absolute atomic E-state index is 0.219. The van der Waals surface area contributed by atoms with Gasteiger partial charge >= 0.3 is 0 Å². The van der Waals surface area contributed by atoms with Crippen molar-refractivity contribution < 1.29 is 5.11 Å². The zero-order valence-corrected chi connectivity index (χ0v) is 9.30.